The molecule has 2 unspecified atom stereocenters. The van der Waals surface area contributed by atoms with Crippen molar-refractivity contribution in [3.8, 4) is 0 Å². The predicted molar refractivity (Wildman–Crippen MR) is 93.5 cm³/mol. The van der Waals surface area contributed by atoms with E-state index in [1.807, 2.05) is 0 Å². The molecule has 23 heavy (non-hydrogen) atoms. The summed E-state index contributed by atoms with van der Waals surface area (Å²) >= 11 is 0. The zero-order chi connectivity index (χ0) is 17.8. The minimum Gasteiger partial charge on any atom is -0.481 e. The van der Waals surface area contributed by atoms with Gasteiger partial charge in [-0.3, -0.25) is 9.59 Å². The number of carboxylic acids is 2. The number of unbranched alkanes of at least 4 members (excludes halogenated alkanes) is 2. The summed E-state index contributed by atoms with van der Waals surface area (Å²) in [7, 11) is 0. The van der Waals surface area contributed by atoms with Gasteiger partial charge in [-0.05, 0) is 43.4 Å². The van der Waals surface area contributed by atoms with Gasteiger partial charge in [-0.2, -0.15) is 0 Å². The monoisotopic (exact) mass is 328 g/mol. The maximum atomic E-state index is 11.7. The number of hydrogen-bond donors (Lipinski definition) is 2. The number of carbonyl (C=O) groups is 2. The maximum absolute atomic E-state index is 11.7. The topological polar surface area (TPSA) is 74.6 Å². The lowest BCUT2D eigenvalue weighted by atomic mass is 9.79. The third kappa shape index (κ3) is 12.1. The summed E-state index contributed by atoms with van der Waals surface area (Å²) < 4.78 is 0. The highest BCUT2D eigenvalue weighted by Gasteiger charge is 2.27. The van der Waals surface area contributed by atoms with Gasteiger partial charge in [0.25, 0.3) is 0 Å². The molecule has 0 spiro atoms. The Morgan fingerprint density at radius 1 is 0.739 bits per heavy atom. The largest absolute Gasteiger partial charge is 0.481 e. The van der Waals surface area contributed by atoms with Crippen LogP contribution in [0.15, 0.2) is 0 Å². The molecule has 0 saturated heterocycles. The highest BCUT2D eigenvalue weighted by Crippen LogP contribution is 2.30. The van der Waals surface area contributed by atoms with E-state index in [4.69, 9.17) is 5.11 Å². The predicted octanol–water partition coefficient (Wildman–Crippen LogP) is 5.21. The highest BCUT2D eigenvalue weighted by molar-refractivity contribution is 5.70. The molecule has 2 atom stereocenters. The van der Waals surface area contributed by atoms with Crippen LogP contribution in [0.3, 0.4) is 0 Å². The molecule has 0 bridgehead atoms. The van der Waals surface area contributed by atoms with Crippen LogP contribution in [0.25, 0.3) is 0 Å². The molecular formula is C19H36O4. The molecular weight excluding hydrogens is 292 g/mol. The Labute approximate surface area is 141 Å². The molecule has 136 valence electrons. The van der Waals surface area contributed by atoms with E-state index in [1.165, 1.54) is 0 Å². The summed E-state index contributed by atoms with van der Waals surface area (Å²) in [5.41, 5.74) is 0. The van der Waals surface area contributed by atoms with Crippen LogP contribution in [0.1, 0.15) is 85.5 Å². The van der Waals surface area contributed by atoms with Crippen molar-refractivity contribution in [1.29, 1.82) is 0 Å². The van der Waals surface area contributed by atoms with Crippen LogP contribution in [0.5, 0.6) is 0 Å². The minimum atomic E-state index is -0.748. The molecule has 0 radical (unpaired) electrons. The van der Waals surface area contributed by atoms with Gasteiger partial charge in [0.05, 0.1) is 5.92 Å². The fourth-order valence-corrected chi connectivity index (χ4v) is 3.03. The van der Waals surface area contributed by atoms with Gasteiger partial charge in [-0.15, -0.1) is 0 Å². The van der Waals surface area contributed by atoms with E-state index < -0.39 is 11.9 Å². The van der Waals surface area contributed by atoms with Crippen LogP contribution in [0, 0.1) is 23.7 Å². The molecule has 0 saturated carbocycles. The number of rotatable bonds is 14. The Morgan fingerprint density at radius 2 is 1.30 bits per heavy atom. The standard InChI is InChI=1S/C19H36O4/c1-14(2)10-12-16(8-6-5-7-9-18(20)21)17(19(22)23)13-11-15(3)4/h14-17H,5-13H2,1-4H3,(H,20,21)(H,22,23). The van der Waals surface area contributed by atoms with E-state index in [-0.39, 0.29) is 18.3 Å². The van der Waals surface area contributed by atoms with Gasteiger partial charge in [0, 0.05) is 6.42 Å². The SMILES string of the molecule is CC(C)CCC(CCCCCC(=O)O)C(CCC(C)C)C(=O)O. The highest BCUT2D eigenvalue weighted by atomic mass is 16.4. The maximum Gasteiger partial charge on any atom is 0.306 e. The van der Waals surface area contributed by atoms with Crippen LogP contribution in [0.2, 0.25) is 0 Å². The number of aliphatic carboxylic acids is 2. The third-order valence-electron chi connectivity index (χ3n) is 4.52. The zero-order valence-electron chi connectivity index (χ0n) is 15.4. The first kappa shape index (κ1) is 21.9. The van der Waals surface area contributed by atoms with Crippen LogP contribution in [-0.2, 0) is 9.59 Å². The van der Waals surface area contributed by atoms with Gasteiger partial charge in [-0.1, -0.05) is 53.4 Å². The van der Waals surface area contributed by atoms with Crippen molar-refractivity contribution >= 4 is 11.9 Å². The summed E-state index contributed by atoms with van der Waals surface area (Å²) in [6.45, 7) is 8.61. The van der Waals surface area contributed by atoms with E-state index in [0.29, 0.717) is 18.3 Å². The van der Waals surface area contributed by atoms with Crippen molar-refractivity contribution in [1.82, 2.24) is 0 Å². The van der Waals surface area contributed by atoms with Gasteiger partial charge in [0.1, 0.15) is 0 Å². The molecule has 2 N–H and O–H groups in total. The summed E-state index contributed by atoms with van der Waals surface area (Å²) in [5, 5.41) is 18.3. The normalized spacial score (nSPS) is 14.2. The second kappa shape index (κ2) is 12.4. The lowest BCUT2D eigenvalue weighted by Gasteiger charge is -2.25. The van der Waals surface area contributed by atoms with Crippen molar-refractivity contribution in [2.24, 2.45) is 23.7 Å². The average Bonchev–Trinajstić information content (AvgIpc) is 2.42. The Morgan fingerprint density at radius 3 is 1.78 bits per heavy atom. The molecule has 0 aliphatic rings. The van der Waals surface area contributed by atoms with Crippen LogP contribution >= 0.6 is 0 Å². The van der Waals surface area contributed by atoms with Crippen molar-refractivity contribution in [2.75, 3.05) is 0 Å². The lowest BCUT2D eigenvalue weighted by molar-refractivity contribution is -0.144. The van der Waals surface area contributed by atoms with Gasteiger partial charge in [-0.25, -0.2) is 0 Å². The Bertz CT molecular complexity index is 336. The number of carboxylic acid groups (broad SMARTS) is 2. The van der Waals surface area contributed by atoms with Gasteiger partial charge in [0.2, 0.25) is 0 Å². The molecule has 0 aromatic heterocycles. The van der Waals surface area contributed by atoms with Gasteiger partial charge in [0.15, 0.2) is 0 Å². The van der Waals surface area contributed by atoms with E-state index >= 15 is 0 Å². The van der Waals surface area contributed by atoms with Crippen molar-refractivity contribution in [3.05, 3.63) is 0 Å². The summed E-state index contributed by atoms with van der Waals surface area (Å²) in [5.74, 6) is -0.331. The van der Waals surface area contributed by atoms with E-state index in [0.717, 1.165) is 44.9 Å². The van der Waals surface area contributed by atoms with E-state index in [9.17, 15) is 14.7 Å². The molecule has 0 aromatic rings. The average molecular weight is 328 g/mol. The first-order chi connectivity index (χ1) is 10.7. The minimum absolute atomic E-state index is 0.215. The van der Waals surface area contributed by atoms with Crippen LogP contribution < -0.4 is 0 Å². The quantitative estimate of drug-likeness (QED) is 0.429. The lowest BCUT2D eigenvalue weighted by Crippen LogP contribution is -2.25. The van der Waals surface area contributed by atoms with E-state index in [2.05, 4.69) is 27.7 Å². The molecule has 0 aromatic carbocycles. The van der Waals surface area contributed by atoms with Crippen molar-refractivity contribution in [3.63, 3.8) is 0 Å². The fraction of sp³-hybridized carbons (Fsp3) is 0.895. The fourth-order valence-electron chi connectivity index (χ4n) is 3.03. The van der Waals surface area contributed by atoms with Crippen LogP contribution in [-0.4, -0.2) is 22.2 Å². The Hall–Kier alpha value is -1.06. The molecule has 0 aliphatic carbocycles. The van der Waals surface area contributed by atoms with Gasteiger partial charge < -0.3 is 10.2 Å². The molecule has 0 rings (SSSR count). The smallest absolute Gasteiger partial charge is 0.306 e. The second-order valence-corrected chi connectivity index (χ2v) is 7.64. The Balaban J connectivity index is 4.53. The van der Waals surface area contributed by atoms with Crippen molar-refractivity contribution in [2.45, 2.75) is 85.5 Å². The molecule has 0 fully saturated rings. The first-order valence-electron chi connectivity index (χ1n) is 9.18. The van der Waals surface area contributed by atoms with Crippen molar-refractivity contribution < 1.29 is 19.8 Å². The summed E-state index contributed by atoms with van der Waals surface area (Å²) in [4.78, 5) is 22.2. The molecule has 0 aliphatic heterocycles. The number of hydrogen-bond acceptors (Lipinski definition) is 2. The zero-order valence-corrected chi connectivity index (χ0v) is 15.4. The summed E-state index contributed by atoms with van der Waals surface area (Å²) in [6, 6.07) is 0. The van der Waals surface area contributed by atoms with E-state index in [1.54, 1.807) is 0 Å². The van der Waals surface area contributed by atoms with Crippen LogP contribution in [0.4, 0.5) is 0 Å². The van der Waals surface area contributed by atoms with Gasteiger partial charge >= 0.3 is 11.9 Å². The molecule has 0 heterocycles. The Kier molecular flexibility index (Phi) is 11.8. The summed E-state index contributed by atoms with van der Waals surface area (Å²) in [6.07, 6.45) is 7.35. The first-order valence-corrected chi connectivity index (χ1v) is 9.18. The third-order valence-corrected chi connectivity index (χ3v) is 4.52. The second-order valence-electron chi connectivity index (χ2n) is 7.64. The molecule has 4 heteroatoms. The molecule has 4 nitrogen and oxygen atoms in total. The molecule has 0 amide bonds.